The number of thiophene rings is 1. The molecule has 0 aliphatic carbocycles. The summed E-state index contributed by atoms with van der Waals surface area (Å²) in [6, 6.07) is 15.4. The zero-order chi connectivity index (χ0) is 21.4. The van der Waals surface area contributed by atoms with Crippen molar-refractivity contribution < 1.29 is 8.91 Å². The number of aromatic nitrogens is 4. The van der Waals surface area contributed by atoms with Crippen LogP contribution in [0, 0.1) is 12.7 Å². The molecule has 0 radical (unpaired) electrons. The lowest BCUT2D eigenvalue weighted by molar-refractivity contribution is 0.391. The highest BCUT2D eigenvalue weighted by Crippen LogP contribution is 2.27. The van der Waals surface area contributed by atoms with E-state index in [2.05, 4.69) is 15.1 Å². The second-order valence-electron chi connectivity index (χ2n) is 6.81. The number of nitrogens with zero attached hydrogens (tertiary/aromatic N) is 4. The van der Waals surface area contributed by atoms with E-state index in [0.717, 1.165) is 11.1 Å². The van der Waals surface area contributed by atoms with Crippen molar-refractivity contribution in [3.63, 3.8) is 0 Å². The summed E-state index contributed by atoms with van der Waals surface area (Å²) in [5.74, 6) is 0.895. The first-order valence-electron chi connectivity index (χ1n) is 9.37. The van der Waals surface area contributed by atoms with Crippen molar-refractivity contribution in [2.75, 3.05) is 0 Å². The van der Waals surface area contributed by atoms with Gasteiger partial charge in [-0.25, -0.2) is 9.37 Å². The third-order valence-corrected chi connectivity index (χ3v) is 6.45. The van der Waals surface area contributed by atoms with E-state index in [1.54, 1.807) is 12.1 Å². The van der Waals surface area contributed by atoms with Crippen molar-refractivity contribution in [3.8, 4) is 17.1 Å². The Bertz CT molecular complexity index is 1420. The van der Waals surface area contributed by atoms with Crippen molar-refractivity contribution in [1.29, 1.82) is 0 Å². The molecule has 3 heterocycles. The molecule has 5 rings (SSSR count). The first-order valence-corrected chi connectivity index (χ1v) is 11.2. The third-order valence-electron chi connectivity index (χ3n) is 4.64. The topological polar surface area (TPSA) is 73.8 Å². The fraction of sp³-hybridized carbons (Fsp3) is 0.0909. The first-order chi connectivity index (χ1) is 15.1. The molecule has 2 aromatic carbocycles. The Morgan fingerprint density at radius 3 is 2.61 bits per heavy atom. The van der Waals surface area contributed by atoms with Crippen LogP contribution >= 0.6 is 23.1 Å². The Balaban J connectivity index is 1.48. The summed E-state index contributed by atoms with van der Waals surface area (Å²) in [5, 5.41) is 6.35. The number of benzene rings is 2. The maximum Gasteiger partial charge on any atom is 0.276 e. The fourth-order valence-electron chi connectivity index (χ4n) is 3.07. The number of aryl methyl sites for hydroxylation is 1. The summed E-state index contributed by atoms with van der Waals surface area (Å²) in [6.45, 7) is 2.01. The zero-order valence-corrected chi connectivity index (χ0v) is 17.9. The molecule has 9 heteroatoms. The van der Waals surface area contributed by atoms with E-state index in [-0.39, 0.29) is 11.4 Å². The van der Waals surface area contributed by atoms with E-state index < -0.39 is 0 Å². The molecule has 154 valence electrons. The Morgan fingerprint density at radius 2 is 1.84 bits per heavy atom. The Kier molecular flexibility index (Phi) is 5.13. The molecule has 0 saturated carbocycles. The van der Waals surface area contributed by atoms with E-state index in [4.69, 9.17) is 4.52 Å². The highest BCUT2D eigenvalue weighted by atomic mass is 32.2. The zero-order valence-electron chi connectivity index (χ0n) is 16.3. The molecular formula is C22H15FN4O2S2. The third kappa shape index (κ3) is 3.89. The highest BCUT2D eigenvalue weighted by Gasteiger charge is 2.16. The normalized spacial score (nSPS) is 11.3. The fourth-order valence-corrected chi connectivity index (χ4v) is 4.68. The molecule has 0 saturated heterocycles. The molecule has 31 heavy (non-hydrogen) atoms. The molecule has 0 amide bonds. The predicted octanol–water partition coefficient (Wildman–Crippen LogP) is 5.24. The van der Waals surface area contributed by atoms with Gasteiger partial charge in [0.25, 0.3) is 5.56 Å². The van der Waals surface area contributed by atoms with Crippen LogP contribution in [-0.2, 0) is 5.75 Å². The monoisotopic (exact) mass is 450 g/mol. The van der Waals surface area contributed by atoms with Gasteiger partial charge < -0.3 is 4.52 Å². The van der Waals surface area contributed by atoms with E-state index in [1.807, 2.05) is 42.6 Å². The summed E-state index contributed by atoms with van der Waals surface area (Å²) in [5.41, 5.74) is 2.99. The van der Waals surface area contributed by atoms with Gasteiger partial charge in [-0.15, -0.1) is 11.3 Å². The van der Waals surface area contributed by atoms with Crippen molar-refractivity contribution in [2.24, 2.45) is 0 Å². The minimum atomic E-state index is -0.370. The average molecular weight is 451 g/mol. The summed E-state index contributed by atoms with van der Waals surface area (Å²) >= 11 is 2.64. The van der Waals surface area contributed by atoms with Crippen molar-refractivity contribution in [1.82, 2.24) is 19.7 Å². The second-order valence-corrected chi connectivity index (χ2v) is 8.67. The van der Waals surface area contributed by atoms with E-state index in [0.29, 0.717) is 38.5 Å². The van der Waals surface area contributed by atoms with Gasteiger partial charge in [0, 0.05) is 5.56 Å². The molecule has 5 aromatic rings. The summed E-state index contributed by atoms with van der Waals surface area (Å²) in [4.78, 5) is 22.2. The predicted molar refractivity (Wildman–Crippen MR) is 119 cm³/mol. The van der Waals surface area contributed by atoms with Crippen LogP contribution in [0.25, 0.3) is 27.3 Å². The Morgan fingerprint density at radius 1 is 1.06 bits per heavy atom. The van der Waals surface area contributed by atoms with Gasteiger partial charge in [-0.3, -0.25) is 9.36 Å². The maximum atomic E-state index is 13.4. The minimum Gasteiger partial charge on any atom is -0.338 e. The first kappa shape index (κ1) is 19.7. The lowest BCUT2D eigenvalue weighted by Crippen LogP contribution is -2.20. The largest absolute Gasteiger partial charge is 0.338 e. The van der Waals surface area contributed by atoms with Crippen LogP contribution in [0.15, 0.2) is 74.5 Å². The minimum absolute atomic E-state index is 0.194. The lowest BCUT2D eigenvalue weighted by atomic mass is 10.1. The highest BCUT2D eigenvalue weighted by molar-refractivity contribution is 7.98. The van der Waals surface area contributed by atoms with Crippen molar-refractivity contribution in [3.05, 3.63) is 87.6 Å². The molecule has 0 unspecified atom stereocenters. The van der Waals surface area contributed by atoms with Crippen LogP contribution in [0.2, 0.25) is 0 Å². The number of thioether (sulfide) groups is 1. The van der Waals surface area contributed by atoms with Gasteiger partial charge in [0.2, 0.25) is 11.7 Å². The summed E-state index contributed by atoms with van der Waals surface area (Å²) < 4.78 is 20.8. The molecule has 0 aliphatic heterocycles. The van der Waals surface area contributed by atoms with Gasteiger partial charge in [-0.1, -0.05) is 46.7 Å². The molecule has 3 aromatic heterocycles. The molecule has 0 spiro atoms. The number of rotatable bonds is 5. The second kappa shape index (κ2) is 8.09. The van der Waals surface area contributed by atoms with E-state index in [9.17, 15) is 9.18 Å². The smallest absolute Gasteiger partial charge is 0.276 e. The van der Waals surface area contributed by atoms with Crippen LogP contribution < -0.4 is 5.56 Å². The molecule has 0 N–H and O–H groups in total. The van der Waals surface area contributed by atoms with Gasteiger partial charge in [0.05, 0.1) is 17.0 Å². The standard InChI is InChI=1S/C22H15FN4O2S2/c1-13-2-4-14(5-3-13)20-25-18(29-26-20)12-31-22-24-17-10-11-30-19(17)21(28)27(22)16-8-6-15(23)7-9-16/h2-11H,12H2,1H3. The maximum absolute atomic E-state index is 13.4. The summed E-state index contributed by atoms with van der Waals surface area (Å²) in [6.07, 6.45) is 0. The van der Waals surface area contributed by atoms with Crippen LogP contribution in [-0.4, -0.2) is 19.7 Å². The van der Waals surface area contributed by atoms with Crippen molar-refractivity contribution in [2.45, 2.75) is 17.8 Å². The van der Waals surface area contributed by atoms with Gasteiger partial charge in [-0.05, 0) is 42.6 Å². The lowest BCUT2D eigenvalue weighted by Gasteiger charge is -2.11. The quantitative estimate of drug-likeness (QED) is 0.269. The number of fused-ring (bicyclic) bond motifs is 1. The molecule has 0 aliphatic rings. The van der Waals surface area contributed by atoms with Crippen LogP contribution in [0.4, 0.5) is 4.39 Å². The van der Waals surface area contributed by atoms with Gasteiger partial charge in [-0.2, -0.15) is 4.98 Å². The Hall–Kier alpha value is -3.30. The molecule has 0 bridgehead atoms. The van der Waals surface area contributed by atoms with Gasteiger partial charge in [0.1, 0.15) is 10.5 Å². The Labute approximate surface area is 184 Å². The van der Waals surface area contributed by atoms with Crippen LogP contribution in [0.5, 0.6) is 0 Å². The average Bonchev–Trinajstić information content (AvgIpc) is 3.44. The molecule has 6 nitrogen and oxygen atoms in total. The number of halogens is 1. The van der Waals surface area contributed by atoms with Crippen molar-refractivity contribution >= 4 is 33.3 Å². The van der Waals surface area contributed by atoms with E-state index in [1.165, 1.54) is 39.8 Å². The summed E-state index contributed by atoms with van der Waals surface area (Å²) in [7, 11) is 0. The van der Waals surface area contributed by atoms with Crippen LogP contribution in [0.1, 0.15) is 11.5 Å². The van der Waals surface area contributed by atoms with Gasteiger partial charge >= 0.3 is 0 Å². The number of hydrogen-bond acceptors (Lipinski definition) is 7. The molecule has 0 atom stereocenters. The van der Waals surface area contributed by atoms with Gasteiger partial charge in [0.15, 0.2) is 5.16 Å². The molecule has 0 fully saturated rings. The molecular weight excluding hydrogens is 435 g/mol. The number of hydrogen-bond donors (Lipinski definition) is 0. The van der Waals surface area contributed by atoms with E-state index >= 15 is 0 Å². The SMILES string of the molecule is Cc1ccc(-c2noc(CSc3nc4ccsc4c(=O)n3-c3ccc(F)cc3)n2)cc1. The van der Waals surface area contributed by atoms with Crippen LogP contribution in [0.3, 0.4) is 0 Å².